The lowest BCUT2D eigenvalue weighted by Crippen LogP contribution is -2.11. The van der Waals surface area contributed by atoms with E-state index in [1.165, 1.54) is 12.8 Å². The normalized spacial score (nSPS) is 16.9. The molecule has 1 aromatic carbocycles. The Hall–Kier alpha value is -1.58. The molecule has 1 fully saturated rings. The molecule has 0 aliphatic heterocycles. The number of aryl methyl sites for hydroxylation is 1. The molecule has 0 atom stereocenters. The zero-order chi connectivity index (χ0) is 11.8. The van der Waals surface area contributed by atoms with Crippen molar-refractivity contribution >= 4 is 11.4 Å². The van der Waals surface area contributed by atoms with Gasteiger partial charge in [-0.3, -0.25) is 10.1 Å². The number of rotatable bonds is 4. The molecule has 86 valence electrons. The van der Waals surface area contributed by atoms with E-state index in [1.54, 1.807) is 12.1 Å². The first kappa shape index (κ1) is 10.9. The van der Waals surface area contributed by atoms with Gasteiger partial charge >= 0.3 is 0 Å². The molecule has 0 bridgehead atoms. The fourth-order valence-electron chi connectivity index (χ4n) is 1.68. The van der Waals surface area contributed by atoms with Crippen molar-refractivity contribution in [3.05, 3.63) is 33.9 Å². The van der Waals surface area contributed by atoms with Crippen LogP contribution in [0.15, 0.2) is 18.2 Å². The quantitative estimate of drug-likeness (QED) is 0.626. The average Bonchev–Trinajstić information content (AvgIpc) is 2.94. The molecular formula is C12H16N2O2. The number of hydrogen-bond acceptors (Lipinski definition) is 3. The van der Waals surface area contributed by atoms with Crippen LogP contribution in [-0.2, 0) is 0 Å². The van der Waals surface area contributed by atoms with E-state index in [9.17, 15) is 10.1 Å². The fourth-order valence-corrected chi connectivity index (χ4v) is 1.68. The summed E-state index contributed by atoms with van der Waals surface area (Å²) in [5.74, 6) is 0. The molecule has 1 saturated carbocycles. The van der Waals surface area contributed by atoms with Crippen LogP contribution in [-0.4, -0.2) is 11.5 Å². The Kier molecular flexibility index (Phi) is 2.58. The van der Waals surface area contributed by atoms with Gasteiger partial charge in [-0.25, -0.2) is 0 Å². The molecule has 4 heteroatoms. The van der Waals surface area contributed by atoms with Crippen LogP contribution in [0, 0.1) is 22.5 Å². The summed E-state index contributed by atoms with van der Waals surface area (Å²) in [6.07, 6.45) is 2.49. The Morgan fingerprint density at radius 2 is 2.12 bits per heavy atom. The van der Waals surface area contributed by atoms with Gasteiger partial charge in [0.15, 0.2) is 0 Å². The van der Waals surface area contributed by atoms with Gasteiger partial charge in [-0.15, -0.1) is 0 Å². The van der Waals surface area contributed by atoms with Crippen molar-refractivity contribution in [2.75, 3.05) is 11.9 Å². The third kappa shape index (κ3) is 2.51. The first-order valence-corrected chi connectivity index (χ1v) is 5.49. The number of nitro benzene ring substituents is 1. The van der Waals surface area contributed by atoms with Crippen LogP contribution in [0.25, 0.3) is 0 Å². The van der Waals surface area contributed by atoms with E-state index < -0.39 is 0 Å². The minimum atomic E-state index is -0.350. The maximum Gasteiger partial charge on any atom is 0.271 e. The molecule has 2 rings (SSSR count). The third-order valence-electron chi connectivity index (χ3n) is 3.10. The van der Waals surface area contributed by atoms with Crippen molar-refractivity contribution in [1.29, 1.82) is 0 Å². The van der Waals surface area contributed by atoms with E-state index >= 15 is 0 Å². The molecule has 1 aliphatic rings. The number of anilines is 1. The molecule has 1 aromatic rings. The number of hydrogen-bond donors (Lipinski definition) is 1. The number of nitrogens with one attached hydrogen (secondary N) is 1. The fraction of sp³-hybridized carbons (Fsp3) is 0.500. The van der Waals surface area contributed by atoms with Crippen LogP contribution >= 0.6 is 0 Å². The molecule has 1 N–H and O–H groups in total. The second-order valence-corrected chi connectivity index (χ2v) is 4.98. The van der Waals surface area contributed by atoms with E-state index in [-0.39, 0.29) is 10.6 Å². The summed E-state index contributed by atoms with van der Waals surface area (Å²) >= 11 is 0. The van der Waals surface area contributed by atoms with Crippen molar-refractivity contribution < 1.29 is 4.92 Å². The van der Waals surface area contributed by atoms with Crippen molar-refractivity contribution in [3.63, 3.8) is 0 Å². The highest BCUT2D eigenvalue weighted by atomic mass is 16.6. The number of nitrogens with zero attached hydrogens (tertiary/aromatic N) is 1. The molecule has 0 aromatic heterocycles. The summed E-state index contributed by atoms with van der Waals surface area (Å²) in [5.41, 5.74) is 2.32. The standard InChI is InChI=1S/C12H16N2O2/c1-9-5-10(7-11(6-9)14(15)16)13-8-12(2)3-4-12/h5-7,13H,3-4,8H2,1-2H3. The maximum atomic E-state index is 10.7. The zero-order valence-electron chi connectivity index (χ0n) is 9.62. The summed E-state index contributed by atoms with van der Waals surface area (Å²) in [6, 6.07) is 5.13. The molecule has 0 spiro atoms. The van der Waals surface area contributed by atoms with Crippen molar-refractivity contribution in [2.24, 2.45) is 5.41 Å². The Morgan fingerprint density at radius 1 is 1.44 bits per heavy atom. The van der Waals surface area contributed by atoms with Gasteiger partial charge in [0, 0.05) is 24.4 Å². The highest BCUT2D eigenvalue weighted by Gasteiger charge is 2.36. The van der Waals surface area contributed by atoms with Crippen LogP contribution in [0.2, 0.25) is 0 Å². The highest BCUT2D eigenvalue weighted by molar-refractivity contribution is 5.54. The Labute approximate surface area is 94.8 Å². The second-order valence-electron chi connectivity index (χ2n) is 4.98. The van der Waals surface area contributed by atoms with E-state index in [0.717, 1.165) is 17.8 Å². The lowest BCUT2D eigenvalue weighted by atomic mass is 10.1. The lowest BCUT2D eigenvalue weighted by molar-refractivity contribution is -0.384. The molecule has 16 heavy (non-hydrogen) atoms. The van der Waals surface area contributed by atoms with Crippen LogP contribution in [0.4, 0.5) is 11.4 Å². The highest BCUT2D eigenvalue weighted by Crippen LogP contribution is 2.44. The van der Waals surface area contributed by atoms with Gasteiger partial charge in [0.2, 0.25) is 0 Å². The predicted octanol–water partition coefficient (Wildman–Crippen LogP) is 3.12. The molecule has 0 radical (unpaired) electrons. The molecule has 0 saturated heterocycles. The van der Waals surface area contributed by atoms with E-state index in [0.29, 0.717) is 5.41 Å². The van der Waals surface area contributed by atoms with Gasteiger partial charge < -0.3 is 5.32 Å². The minimum Gasteiger partial charge on any atom is -0.384 e. The van der Waals surface area contributed by atoms with Crippen LogP contribution < -0.4 is 5.32 Å². The number of non-ortho nitro benzene ring substituents is 1. The topological polar surface area (TPSA) is 55.2 Å². The van der Waals surface area contributed by atoms with Crippen molar-refractivity contribution in [2.45, 2.75) is 26.7 Å². The van der Waals surface area contributed by atoms with Crippen LogP contribution in [0.1, 0.15) is 25.3 Å². The predicted molar refractivity (Wildman–Crippen MR) is 63.7 cm³/mol. The number of nitro groups is 1. The summed E-state index contributed by atoms with van der Waals surface area (Å²) in [6.45, 7) is 4.99. The molecule has 4 nitrogen and oxygen atoms in total. The molecule has 0 unspecified atom stereocenters. The molecular weight excluding hydrogens is 204 g/mol. The lowest BCUT2D eigenvalue weighted by Gasteiger charge is -2.11. The third-order valence-corrected chi connectivity index (χ3v) is 3.10. The Balaban J connectivity index is 2.10. The van der Waals surface area contributed by atoms with Crippen LogP contribution in [0.3, 0.4) is 0 Å². The minimum absolute atomic E-state index is 0.156. The van der Waals surface area contributed by atoms with Gasteiger partial charge in [0.1, 0.15) is 0 Å². The summed E-state index contributed by atoms with van der Waals surface area (Å²) in [4.78, 5) is 10.3. The van der Waals surface area contributed by atoms with Crippen molar-refractivity contribution in [1.82, 2.24) is 0 Å². The maximum absolute atomic E-state index is 10.7. The van der Waals surface area contributed by atoms with Gasteiger partial charge in [0.05, 0.1) is 4.92 Å². The molecule has 0 heterocycles. The van der Waals surface area contributed by atoms with E-state index in [2.05, 4.69) is 12.2 Å². The first-order valence-electron chi connectivity index (χ1n) is 5.49. The monoisotopic (exact) mass is 220 g/mol. The zero-order valence-corrected chi connectivity index (χ0v) is 9.62. The average molecular weight is 220 g/mol. The van der Waals surface area contributed by atoms with Gasteiger partial charge in [-0.1, -0.05) is 6.92 Å². The summed E-state index contributed by atoms with van der Waals surface area (Å²) in [7, 11) is 0. The van der Waals surface area contributed by atoms with Gasteiger partial charge in [-0.2, -0.15) is 0 Å². The molecule has 1 aliphatic carbocycles. The second kappa shape index (κ2) is 3.77. The van der Waals surface area contributed by atoms with E-state index in [4.69, 9.17) is 0 Å². The first-order chi connectivity index (χ1) is 7.48. The van der Waals surface area contributed by atoms with Gasteiger partial charge in [0.25, 0.3) is 5.69 Å². The summed E-state index contributed by atoms with van der Waals surface area (Å²) < 4.78 is 0. The Morgan fingerprint density at radius 3 is 2.69 bits per heavy atom. The summed E-state index contributed by atoms with van der Waals surface area (Å²) in [5, 5.41) is 14.0. The van der Waals surface area contributed by atoms with Crippen LogP contribution in [0.5, 0.6) is 0 Å². The van der Waals surface area contributed by atoms with E-state index in [1.807, 2.05) is 13.0 Å². The van der Waals surface area contributed by atoms with Gasteiger partial charge in [-0.05, 0) is 36.8 Å². The SMILES string of the molecule is Cc1cc(NCC2(C)CC2)cc([N+](=O)[O-])c1. The Bertz CT molecular complexity index is 425. The molecule has 0 amide bonds. The van der Waals surface area contributed by atoms with Crippen molar-refractivity contribution in [3.8, 4) is 0 Å². The largest absolute Gasteiger partial charge is 0.384 e. The smallest absolute Gasteiger partial charge is 0.271 e. The number of benzene rings is 1.